The Bertz CT molecular complexity index is 548. The van der Waals surface area contributed by atoms with Crippen LogP contribution >= 0.6 is 0 Å². The molecule has 2 aromatic rings. The zero-order chi connectivity index (χ0) is 14.5. The molecular formula is C13H19N5O2. The fourth-order valence-corrected chi connectivity index (χ4v) is 2.13. The third-order valence-electron chi connectivity index (χ3n) is 3.09. The largest absolute Gasteiger partial charge is 0.493 e. The van der Waals surface area contributed by atoms with E-state index in [-0.39, 0.29) is 6.04 Å². The van der Waals surface area contributed by atoms with Gasteiger partial charge in [0.1, 0.15) is 12.0 Å². The van der Waals surface area contributed by atoms with Gasteiger partial charge in [0, 0.05) is 12.6 Å². The second kappa shape index (κ2) is 6.33. The highest BCUT2D eigenvalue weighted by molar-refractivity contribution is 5.34. The van der Waals surface area contributed by atoms with Crippen molar-refractivity contribution in [3.8, 4) is 11.6 Å². The fourth-order valence-electron chi connectivity index (χ4n) is 2.13. The van der Waals surface area contributed by atoms with E-state index in [4.69, 9.17) is 9.47 Å². The summed E-state index contributed by atoms with van der Waals surface area (Å²) in [4.78, 5) is 8.34. The minimum Gasteiger partial charge on any atom is -0.493 e. The number of hydrogen-bond donors (Lipinski definition) is 1. The Labute approximate surface area is 118 Å². The molecule has 7 heteroatoms. The molecule has 1 atom stereocenters. The van der Waals surface area contributed by atoms with E-state index in [0.29, 0.717) is 5.88 Å². The number of methoxy groups -OCH3 is 2. The van der Waals surface area contributed by atoms with Gasteiger partial charge in [-0.3, -0.25) is 4.68 Å². The molecule has 0 radical (unpaired) electrons. The number of hydrogen-bond acceptors (Lipinski definition) is 6. The summed E-state index contributed by atoms with van der Waals surface area (Å²) in [5.41, 5.74) is 1.73. The van der Waals surface area contributed by atoms with Crippen LogP contribution in [0.3, 0.4) is 0 Å². The predicted molar refractivity (Wildman–Crippen MR) is 73.9 cm³/mol. The first kappa shape index (κ1) is 14.3. The van der Waals surface area contributed by atoms with E-state index in [1.807, 2.05) is 18.7 Å². The molecule has 7 nitrogen and oxygen atoms in total. The molecule has 20 heavy (non-hydrogen) atoms. The van der Waals surface area contributed by atoms with E-state index < -0.39 is 0 Å². The topological polar surface area (TPSA) is 74.1 Å². The summed E-state index contributed by atoms with van der Waals surface area (Å²) in [6.07, 6.45) is 3.19. The molecule has 0 amide bonds. The normalized spacial score (nSPS) is 12.2. The molecule has 0 saturated heterocycles. The van der Waals surface area contributed by atoms with Crippen LogP contribution in [0.4, 0.5) is 0 Å². The summed E-state index contributed by atoms with van der Waals surface area (Å²) in [5.74, 6) is 1.25. The number of nitrogens with one attached hydrogen (secondary N) is 1. The van der Waals surface area contributed by atoms with Crippen LogP contribution in [0.5, 0.6) is 11.6 Å². The van der Waals surface area contributed by atoms with Gasteiger partial charge in [-0.05, 0) is 14.0 Å². The zero-order valence-electron chi connectivity index (χ0n) is 12.1. The highest BCUT2D eigenvalue weighted by Crippen LogP contribution is 2.29. The number of ether oxygens (including phenoxy) is 2. The molecule has 2 heterocycles. The number of rotatable bonds is 6. The Morgan fingerprint density at radius 3 is 2.70 bits per heavy atom. The monoisotopic (exact) mass is 277 g/mol. The lowest BCUT2D eigenvalue weighted by atomic mass is 10.1. The molecule has 0 aliphatic rings. The lowest BCUT2D eigenvalue weighted by Crippen LogP contribution is -2.23. The van der Waals surface area contributed by atoms with Crippen LogP contribution in [0, 0.1) is 0 Å². The van der Waals surface area contributed by atoms with Gasteiger partial charge >= 0.3 is 0 Å². The smallest absolute Gasteiger partial charge is 0.216 e. The first-order chi connectivity index (χ1) is 9.74. The third kappa shape index (κ3) is 2.57. The standard InChI is InChI=1S/C13H19N5O2/c1-5-18-13(10(19-3)7-17-18)12(14-2)9-6-11(20-4)16-8-15-9/h6-8,12,14H,5H2,1-4H3. The molecule has 0 aliphatic heterocycles. The van der Waals surface area contributed by atoms with Crippen LogP contribution in [0.2, 0.25) is 0 Å². The van der Waals surface area contributed by atoms with Crippen molar-refractivity contribution >= 4 is 0 Å². The Kier molecular flexibility index (Phi) is 4.52. The van der Waals surface area contributed by atoms with E-state index in [1.54, 1.807) is 26.5 Å². The molecule has 0 bridgehead atoms. The number of aryl methyl sites for hydroxylation is 1. The Hall–Kier alpha value is -2.15. The first-order valence-corrected chi connectivity index (χ1v) is 6.38. The van der Waals surface area contributed by atoms with E-state index in [9.17, 15) is 0 Å². The van der Waals surface area contributed by atoms with Gasteiger partial charge in [-0.1, -0.05) is 0 Å². The summed E-state index contributed by atoms with van der Waals surface area (Å²) in [7, 11) is 5.08. The van der Waals surface area contributed by atoms with Gasteiger partial charge in [0.2, 0.25) is 5.88 Å². The van der Waals surface area contributed by atoms with Crippen molar-refractivity contribution in [1.29, 1.82) is 0 Å². The quantitative estimate of drug-likeness (QED) is 0.849. The SMILES string of the molecule is CCn1ncc(OC)c1C(NC)c1cc(OC)ncn1. The van der Waals surface area contributed by atoms with Crippen molar-refractivity contribution in [2.24, 2.45) is 0 Å². The molecule has 1 unspecified atom stereocenters. The number of nitrogens with zero attached hydrogens (tertiary/aromatic N) is 4. The zero-order valence-corrected chi connectivity index (χ0v) is 12.1. The van der Waals surface area contributed by atoms with Crippen molar-refractivity contribution in [2.75, 3.05) is 21.3 Å². The van der Waals surface area contributed by atoms with Crippen molar-refractivity contribution in [3.05, 3.63) is 30.0 Å². The summed E-state index contributed by atoms with van der Waals surface area (Å²) < 4.78 is 12.4. The number of aromatic nitrogens is 4. The molecule has 0 spiro atoms. The van der Waals surface area contributed by atoms with E-state index in [2.05, 4.69) is 20.4 Å². The Balaban J connectivity index is 2.48. The fraction of sp³-hybridized carbons (Fsp3) is 0.462. The molecule has 2 rings (SSSR count). The van der Waals surface area contributed by atoms with Crippen molar-refractivity contribution < 1.29 is 9.47 Å². The first-order valence-electron chi connectivity index (χ1n) is 6.38. The van der Waals surface area contributed by atoms with Gasteiger partial charge in [0.05, 0.1) is 32.2 Å². The molecule has 1 N–H and O–H groups in total. The minimum atomic E-state index is -0.149. The molecule has 2 aromatic heterocycles. The predicted octanol–water partition coefficient (Wildman–Crippen LogP) is 1.02. The van der Waals surface area contributed by atoms with Gasteiger partial charge in [0.25, 0.3) is 0 Å². The van der Waals surface area contributed by atoms with Crippen molar-refractivity contribution in [1.82, 2.24) is 25.1 Å². The van der Waals surface area contributed by atoms with E-state index >= 15 is 0 Å². The van der Waals surface area contributed by atoms with Crippen LogP contribution in [-0.4, -0.2) is 41.0 Å². The second-order valence-corrected chi connectivity index (χ2v) is 4.12. The lowest BCUT2D eigenvalue weighted by Gasteiger charge is -2.18. The maximum Gasteiger partial charge on any atom is 0.216 e. The van der Waals surface area contributed by atoms with E-state index in [0.717, 1.165) is 23.7 Å². The van der Waals surface area contributed by atoms with Crippen LogP contribution in [0.25, 0.3) is 0 Å². The second-order valence-electron chi connectivity index (χ2n) is 4.12. The Morgan fingerprint density at radius 1 is 1.30 bits per heavy atom. The molecule has 108 valence electrons. The third-order valence-corrected chi connectivity index (χ3v) is 3.09. The minimum absolute atomic E-state index is 0.149. The average Bonchev–Trinajstić information content (AvgIpc) is 2.91. The summed E-state index contributed by atoms with van der Waals surface area (Å²) in [6, 6.07) is 1.65. The molecule has 0 fully saturated rings. The van der Waals surface area contributed by atoms with E-state index in [1.165, 1.54) is 6.33 Å². The van der Waals surface area contributed by atoms with Gasteiger partial charge in [0.15, 0.2) is 5.75 Å². The van der Waals surface area contributed by atoms with Gasteiger partial charge in [-0.25, -0.2) is 9.97 Å². The Morgan fingerprint density at radius 2 is 2.10 bits per heavy atom. The molecular weight excluding hydrogens is 258 g/mol. The highest BCUT2D eigenvalue weighted by Gasteiger charge is 2.23. The van der Waals surface area contributed by atoms with Crippen molar-refractivity contribution in [2.45, 2.75) is 19.5 Å². The lowest BCUT2D eigenvalue weighted by molar-refractivity contribution is 0.391. The molecule has 0 aliphatic carbocycles. The van der Waals surface area contributed by atoms with Crippen LogP contribution < -0.4 is 14.8 Å². The molecule has 0 saturated carbocycles. The highest BCUT2D eigenvalue weighted by atomic mass is 16.5. The maximum atomic E-state index is 5.39. The van der Waals surface area contributed by atoms with Gasteiger partial charge in [-0.2, -0.15) is 5.10 Å². The maximum absolute atomic E-state index is 5.39. The van der Waals surface area contributed by atoms with Crippen LogP contribution in [0.1, 0.15) is 24.4 Å². The summed E-state index contributed by atoms with van der Waals surface area (Å²) >= 11 is 0. The summed E-state index contributed by atoms with van der Waals surface area (Å²) in [6.45, 7) is 2.78. The van der Waals surface area contributed by atoms with Gasteiger partial charge in [-0.15, -0.1) is 0 Å². The van der Waals surface area contributed by atoms with Gasteiger partial charge < -0.3 is 14.8 Å². The van der Waals surface area contributed by atoms with Crippen LogP contribution in [0.15, 0.2) is 18.6 Å². The summed E-state index contributed by atoms with van der Waals surface area (Å²) in [5, 5.41) is 7.55. The molecule has 0 aromatic carbocycles. The van der Waals surface area contributed by atoms with Crippen LogP contribution in [-0.2, 0) is 6.54 Å². The average molecular weight is 277 g/mol. The van der Waals surface area contributed by atoms with Crippen molar-refractivity contribution in [3.63, 3.8) is 0 Å².